The summed E-state index contributed by atoms with van der Waals surface area (Å²) < 4.78 is 26.6. The molecule has 5 nitrogen and oxygen atoms in total. The molecule has 0 radical (unpaired) electrons. The number of carbonyl (C=O) groups is 2. The van der Waals surface area contributed by atoms with E-state index >= 15 is 0 Å². The predicted octanol–water partition coefficient (Wildman–Crippen LogP) is 2.90. The lowest BCUT2D eigenvalue weighted by molar-refractivity contribution is -0.149. The van der Waals surface area contributed by atoms with Crippen LogP contribution < -0.4 is 5.32 Å². The van der Waals surface area contributed by atoms with Gasteiger partial charge in [-0.15, -0.1) is 12.4 Å². The molecule has 138 valence electrons. The second kappa shape index (κ2) is 7.25. The van der Waals surface area contributed by atoms with Crippen LogP contribution in [0.5, 0.6) is 0 Å². The van der Waals surface area contributed by atoms with E-state index in [4.69, 9.17) is 0 Å². The molecule has 3 atom stereocenters. The largest absolute Gasteiger partial charge is 0.481 e. The van der Waals surface area contributed by atoms with E-state index in [0.29, 0.717) is 25.6 Å². The van der Waals surface area contributed by atoms with Crippen LogP contribution >= 0.6 is 12.4 Å². The third-order valence-corrected chi connectivity index (χ3v) is 5.44. The van der Waals surface area contributed by atoms with Gasteiger partial charge in [0.05, 0.1) is 17.1 Å². The van der Waals surface area contributed by atoms with E-state index in [1.54, 1.807) is 6.92 Å². The van der Waals surface area contributed by atoms with Crippen LogP contribution in [0.1, 0.15) is 26.2 Å². The number of likely N-dealkylation sites (tertiary alicyclic amines) is 1. The number of benzene rings is 1. The first-order chi connectivity index (χ1) is 11.3. The molecule has 1 aromatic carbocycles. The summed E-state index contributed by atoms with van der Waals surface area (Å²) >= 11 is 0. The number of carboxylic acid groups (broad SMARTS) is 1. The molecule has 1 aromatic rings. The molecule has 3 rings (SSSR count). The Morgan fingerprint density at radius 3 is 2.72 bits per heavy atom. The van der Waals surface area contributed by atoms with Crippen LogP contribution in [0.4, 0.5) is 14.5 Å². The maximum atomic E-state index is 13.7. The summed E-state index contributed by atoms with van der Waals surface area (Å²) in [6.07, 6.45) is 2.38. The number of amides is 1. The Balaban J connectivity index is 0.00000225. The number of anilines is 1. The number of nitrogens with one attached hydrogen (secondary N) is 1. The quantitative estimate of drug-likeness (QED) is 0.850. The minimum atomic E-state index is -0.837. The molecule has 8 heteroatoms. The summed E-state index contributed by atoms with van der Waals surface area (Å²) in [6.45, 7) is 2.55. The van der Waals surface area contributed by atoms with Crippen molar-refractivity contribution in [1.82, 2.24) is 4.90 Å². The van der Waals surface area contributed by atoms with Gasteiger partial charge in [-0.2, -0.15) is 0 Å². The Labute approximate surface area is 150 Å². The topological polar surface area (TPSA) is 69.6 Å². The molecule has 1 unspecified atom stereocenters. The maximum absolute atomic E-state index is 13.7. The van der Waals surface area contributed by atoms with Gasteiger partial charge in [-0.1, -0.05) is 6.42 Å². The minimum Gasteiger partial charge on any atom is -0.481 e. The second-order valence-corrected chi connectivity index (χ2v) is 6.77. The Bertz CT molecular complexity index is 688. The Hall–Kier alpha value is -1.73. The van der Waals surface area contributed by atoms with Gasteiger partial charge in [-0.3, -0.25) is 14.5 Å². The van der Waals surface area contributed by atoms with Gasteiger partial charge >= 0.3 is 5.97 Å². The summed E-state index contributed by atoms with van der Waals surface area (Å²) in [4.78, 5) is 25.9. The molecule has 0 aromatic heterocycles. The number of hydrogen-bond donors (Lipinski definition) is 2. The van der Waals surface area contributed by atoms with Gasteiger partial charge in [0.25, 0.3) is 0 Å². The van der Waals surface area contributed by atoms with Crippen LogP contribution in [-0.2, 0) is 9.59 Å². The molecule has 0 bridgehead atoms. The summed E-state index contributed by atoms with van der Waals surface area (Å²) in [7, 11) is 0. The molecule has 1 saturated carbocycles. The van der Waals surface area contributed by atoms with E-state index in [0.717, 1.165) is 18.9 Å². The molecule has 25 heavy (non-hydrogen) atoms. The predicted molar refractivity (Wildman–Crippen MR) is 90.7 cm³/mol. The number of halogens is 3. The lowest BCUT2D eigenvalue weighted by Crippen LogP contribution is -2.43. The van der Waals surface area contributed by atoms with E-state index < -0.39 is 35.0 Å². The van der Waals surface area contributed by atoms with E-state index in [1.165, 1.54) is 6.07 Å². The molecule has 2 fully saturated rings. The molecule has 1 heterocycles. The van der Waals surface area contributed by atoms with Crippen LogP contribution in [-0.4, -0.2) is 41.0 Å². The lowest BCUT2D eigenvalue weighted by Gasteiger charge is -2.26. The van der Waals surface area contributed by atoms with Gasteiger partial charge in [-0.25, -0.2) is 8.78 Å². The Morgan fingerprint density at radius 1 is 1.40 bits per heavy atom. The zero-order valence-electron chi connectivity index (χ0n) is 13.8. The minimum absolute atomic E-state index is 0. The highest BCUT2D eigenvalue weighted by Crippen LogP contribution is 2.49. The van der Waals surface area contributed by atoms with Crippen molar-refractivity contribution in [2.45, 2.75) is 32.2 Å². The van der Waals surface area contributed by atoms with Crippen molar-refractivity contribution in [3.05, 3.63) is 29.8 Å². The highest BCUT2D eigenvalue weighted by molar-refractivity contribution is 5.94. The average molecular weight is 375 g/mol. The molecule has 0 spiro atoms. The van der Waals surface area contributed by atoms with E-state index in [-0.39, 0.29) is 24.0 Å². The van der Waals surface area contributed by atoms with Gasteiger partial charge in [-0.05, 0) is 37.8 Å². The van der Waals surface area contributed by atoms with Crippen molar-refractivity contribution in [3.8, 4) is 0 Å². The summed E-state index contributed by atoms with van der Waals surface area (Å²) in [5.41, 5.74) is -0.851. The molecular formula is C17H21ClF2N2O3. The molecular weight excluding hydrogens is 354 g/mol. The normalized spacial score (nSPS) is 26.6. The third-order valence-electron chi connectivity index (χ3n) is 5.44. The average Bonchev–Trinajstić information content (AvgIpc) is 3.07. The van der Waals surface area contributed by atoms with Crippen molar-refractivity contribution in [3.63, 3.8) is 0 Å². The SMILES string of the molecule is CC(C(=O)Nc1ccc(F)cc1F)N1C[C@@H]2CCC[C@@]2(C(=O)O)C1.Cl. The summed E-state index contributed by atoms with van der Waals surface area (Å²) in [5.74, 6) is -2.73. The lowest BCUT2D eigenvalue weighted by atomic mass is 9.81. The molecule has 1 amide bonds. The molecule has 2 N–H and O–H groups in total. The van der Waals surface area contributed by atoms with Crippen molar-refractivity contribution < 1.29 is 23.5 Å². The molecule has 1 aliphatic carbocycles. The highest BCUT2D eigenvalue weighted by Gasteiger charge is 2.55. The maximum Gasteiger partial charge on any atom is 0.311 e. The van der Waals surface area contributed by atoms with E-state index in [1.807, 2.05) is 4.90 Å². The number of nitrogens with zero attached hydrogens (tertiary/aromatic N) is 1. The number of rotatable bonds is 4. The van der Waals surface area contributed by atoms with Crippen LogP contribution in [0.15, 0.2) is 18.2 Å². The zero-order valence-corrected chi connectivity index (χ0v) is 14.6. The molecule has 1 saturated heterocycles. The first-order valence-corrected chi connectivity index (χ1v) is 8.07. The van der Waals surface area contributed by atoms with Crippen molar-refractivity contribution in [2.24, 2.45) is 11.3 Å². The summed E-state index contributed by atoms with van der Waals surface area (Å²) in [6, 6.07) is 2.37. The first kappa shape index (κ1) is 19.6. The van der Waals surface area contributed by atoms with Crippen LogP contribution in [0.25, 0.3) is 0 Å². The molecule has 1 aliphatic heterocycles. The zero-order chi connectivity index (χ0) is 17.5. The van der Waals surface area contributed by atoms with Gasteiger partial charge in [0.15, 0.2) is 0 Å². The van der Waals surface area contributed by atoms with Crippen molar-refractivity contribution in [1.29, 1.82) is 0 Å². The summed E-state index contributed by atoms with van der Waals surface area (Å²) in [5, 5.41) is 12.0. The number of fused-ring (bicyclic) bond motifs is 1. The van der Waals surface area contributed by atoms with Crippen molar-refractivity contribution in [2.75, 3.05) is 18.4 Å². The molecule has 2 aliphatic rings. The van der Waals surface area contributed by atoms with Crippen LogP contribution in [0.3, 0.4) is 0 Å². The van der Waals surface area contributed by atoms with Crippen LogP contribution in [0, 0.1) is 23.0 Å². The van der Waals surface area contributed by atoms with Crippen molar-refractivity contribution >= 4 is 30.0 Å². The van der Waals surface area contributed by atoms with Gasteiger partial charge in [0.1, 0.15) is 11.6 Å². The number of carboxylic acids is 1. The fourth-order valence-electron chi connectivity index (χ4n) is 3.97. The van der Waals surface area contributed by atoms with Gasteiger partial charge in [0, 0.05) is 19.2 Å². The fourth-order valence-corrected chi connectivity index (χ4v) is 3.97. The number of aliphatic carboxylic acids is 1. The first-order valence-electron chi connectivity index (χ1n) is 8.07. The van der Waals surface area contributed by atoms with Gasteiger partial charge < -0.3 is 10.4 Å². The monoisotopic (exact) mass is 374 g/mol. The standard InChI is InChI=1S/C17H20F2N2O3.ClH/c1-10(15(22)20-14-5-4-12(18)7-13(14)19)21-8-11-3-2-6-17(11,9-21)16(23)24;/h4-5,7,10-11H,2-3,6,8-9H2,1H3,(H,20,22)(H,23,24);1H/t10?,11-,17+;/m0./s1. The van der Waals surface area contributed by atoms with E-state index in [2.05, 4.69) is 5.32 Å². The number of carbonyl (C=O) groups excluding carboxylic acids is 1. The van der Waals surface area contributed by atoms with Gasteiger partial charge in [0.2, 0.25) is 5.91 Å². The number of hydrogen-bond acceptors (Lipinski definition) is 3. The second-order valence-electron chi connectivity index (χ2n) is 6.77. The highest BCUT2D eigenvalue weighted by atomic mass is 35.5. The smallest absolute Gasteiger partial charge is 0.311 e. The third kappa shape index (κ3) is 3.48. The fraction of sp³-hybridized carbons (Fsp3) is 0.529. The van der Waals surface area contributed by atoms with Crippen LogP contribution in [0.2, 0.25) is 0 Å². The Morgan fingerprint density at radius 2 is 2.12 bits per heavy atom. The van der Waals surface area contributed by atoms with E-state index in [9.17, 15) is 23.5 Å². The Kier molecular flexibility index (Phi) is 5.68.